The van der Waals surface area contributed by atoms with Gasteiger partial charge in [-0.25, -0.2) is 14.2 Å². The predicted octanol–water partition coefficient (Wildman–Crippen LogP) is 4.57. The van der Waals surface area contributed by atoms with Gasteiger partial charge in [0, 0.05) is 24.1 Å². The van der Waals surface area contributed by atoms with Gasteiger partial charge in [0.2, 0.25) is 0 Å². The van der Waals surface area contributed by atoms with Crippen molar-refractivity contribution >= 4 is 33.9 Å². The summed E-state index contributed by atoms with van der Waals surface area (Å²) in [5.74, 6) is -0.507. The number of ether oxygens (including phenoxy) is 2. The molecule has 2 aromatic carbocycles. The van der Waals surface area contributed by atoms with Crippen LogP contribution in [0.5, 0.6) is 5.75 Å². The summed E-state index contributed by atoms with van der Waals surface area (Å²) >= 11 is 3.42. The van der Waals surface area contributed by atoms with Crippen LogP contribution in [0.3, 0.4) is 0 Å². The van der Waals surface area contributed by atoms with Gasteiger partial charge in [-0.05, 0) is 46.6 Å². The Morgan fingerprint density at radius 2 is 2.00 bits per heavy atom. The molecule has 0 fully saturated rings. The quantitative estimate of drug-likeness (QED) is 0.372. The zero-order valence-electron chi connectivity index (χ0n) is 14.8. The summed E-state index contributed by atoms with van der Waals surface area (Å²) < 4.78 is 24.2. The molecule has 2 rings (SSSR count). The maximum Gasteiger partial charge on any atom is 0.342 e. The summed E-state index contributed by atoms with van der Waals surface area (Å²) in [6, 6.07) is 9.06. The first-order valence-electron chi connectivity index (χ1n) is 7.98. The molecule has 0 N–H and O–H groups in total. The zero-order chi connectivity index (χ0) is 19.1. The Morgan fingerprint density at radius 1 is 1.31 bits per heavy atom. The standard InChI is InChI=1S/C19H20BrFN2O3/c1-4-23(2)12-22-17-10-18(25-3)15(9-16(17)20)19(24)26-11-13-5-7-14(21)8-6-13/h5-10,12H,4,11H2,1-3H3/b22-12+. The Balaban J connectivity index is 2.17. The topological polar surface area (TPSA) is 51.1 Å². The average Bonchev–Trinajstić information content (AvgIpc) is 2.65. The molecule has 0 aliphatic carbocycles. The molecule has 0 amide bonds. The summed E-state index contributed by atoms with van der Waals surface area (Å²) in [5.41, 5.74) is 1.61. The smallest absolute Gasteiger partial charge is 0.342 e. The number of esters is 1. The van der Waals surface area contributed by atoms with Gasteiger partial charge in [0.1, 0.15) is 23.7 Å². The van der Waals surface area contributed by atoms with Gasteiger partial charge < -0.3 is 14.4 Å². The third kappa shape index (κ3) is 5.29. The number of carbonyl (C=O) groups excluding carboxylic acids is 1. The number of carbonyl (C=O) groups is 1. The number of hydrogen-bond donors (Lipinski definition) is 0. The Kier molecular flexibility index (Phi) is 7.15. The minimum absolute atomic E-state index is 0.0427. The maximum atomic E-state index is 12.9. The highest BCUT2D eigenvalue weighted by Gasteiger charge is 2.17. The molecule has 0 heterocycles. The highest BCUT2D eigenvalue weighted by atomic mass is 79.9. The zero-order valence-corrected chi connectivity index (χ0v) is 16.4. The summed E-state index contributed by atoms with van der Waals surface area (Å²) in [5, 5.41) is 0. The van der Waals surface area contributed by atoms with Crippen molar-refractivity contribution in [2.24, 2.45) is 4.99 Å². The second-order valence-electron chi connectivity index (χ2n) is 5.52. The summed E-state index contributed by atoms with van der Waals surface area (Å²) in [4.78, 5) is 18.7. The largest absolute Gasteiger partial charge is 0.496 e. The monoisotopic (exact) mass is 422 g/mol. The van der Waals surface area contributed by atoms with E-state index < -0.39 is 5.97 Å². The van der Waals surface area contributed by atoms with E-state index >= 15 is 0 Å². The third-order valence-corrected chi connectivity index (χ3v) is 4.30. The fourth-order valence-electron chi connectivity index (χ4n) is 2.02. The number of rotatable bonds is 7. The van der Waals surface area contributed by atoms with Crippen molar-refractivity contribution in [2.75, 3.05) is 20.7 Å². The summed E-state index contributed by atoms with van der Waals surface area (Å²) in [6.07, 6.45) is 1.70. The Morgan fingerprint density at radius 3 is 2.62 bits per heavy atom. The molecule has 7 heteroatoms. The van der Waals surface area contributed by atoms with Crippen LogP contribution < -0.4 is 4.74 Å². The normalized spacial score (nSPS) is 10.8. The molecule has 26 heavy (non-hydrogen) atoms. The highest BCUT2D eigenvalue weighted by molar-refractivity contribution is 9.10. The molecular formula is C19H20BrFN2O3. The molecule has 138 valence electrons. The van der Waals surface area contributed by atoms with Crippen LogP contribution in [0.2, 0.25) is 0 Å². The first-order chi connectivity index (χ1) is 12.4. The minimum Gasteiger partial charge on any atom is -0.496 e. The van der Waals surface area contributed by atoms with Crippen molar-refractivity contribution in [2.45, 2.75) is 13.5 Å². The second kappa shape index (κ2) is 9.33. The molecule has 0 saturated heterocycles. The van der Waals surface area contributed by atoms with Gasteiger partial charge in [-0.1, -0.05) is 12.1 Å². The van der Waals surface area contributed by atoms with E-state index in [9.17, 15) is 9.18 Å². The number of hydrogen-bond acceptors (Lipinski definition) is 4. The molecule has 0 aliphatic heterocycles. The van der Waals surface area contributed by atoms with Crippen molar-refractivity contribution in [1.82, 2.24) is 4.90 Å². The van der Waals surface area contributed by atoms with E-state index in [1.54, 1.807) is 30.6 Å². The summed E-state index contributed by atoms with van der Waals surface area (Å²) in [6.45, 7) is 2.88. The molecule has 2 aromatic rings. The lowest BCUT2D eigenvalue weighted by Crippen LogP contribution is -2.14. The lowest BCUT2D eigenvalue weighted by molar-refractivity contribution is 0.0469. The van der Waals surface area contributed by atoms with Crippen molar-refractivity contribution in [1.29, 1.82) is 0 Å². The highest BCUT2D eigenvalue weighted by Crippen LogP contribution is 2.33. The molecule has 0 aliphatic rings. The predicted molar refractivity (Wildman–Crippen MR) is 103 cm³/mol. The SMILES string of the molecule is CCN(C)/C=N/c1cc(OC)c(C(=O)OCc2ccc(F)cc2)cc1Br. The van der Waals surface area contributed by atoms with Crippen LogP contribution in [0.25, 0.3) is 0 Å². The second-order valence-corrected chi connectivity index (χ2v) is 6.38. The number of methoxy groups -OCH3 is 1. The minimum atomic E-state index is -0.534. The molecular weight excluding hydrogens is 403 g/mol. The van der Waals surface area contributed by atoms with E-state index in [0.29, 0.717) is 21.5 Å². The van der Waals surface area contributed by atoms with Gasteiger partial charge in [0.25, 0.3) is 0 Å². The van der Waals surface area contributed by atoms with Crippen molar-refractivity contribution in [3.05, 3.63) is 57.8 Å². The van der Waals surface area contributed by atoms with Crippen molar-refractivity contribution in [3.63, 3.8) is 0 Å². The van der Waals surface area contributed by atoms with Crippen LogP contribution in [0, 0.1) is 5.82 Å². The van der Waals surface area contributed by atoms with Crippen molar-refractivity contribution < 1.29 is 18.7 Å². The first kappa shape index (κ1) is 19.9. The van der Waals surface area contributed by atoms with E-state index in [-0.39, 0.29) is 18.0 Å². The molecule has 0 spiro atoms. The number of aliphatic imine (C=N–C) groups is 1. The van der Waals surface area contributed by atoms with Crippen LogP contribution in [0.1, 0.15) is 22.8 Å². The third-order valence-electron chi connectivity index (χ3n) is 3.66. The molecule has 0 bridgehead atoms. The van der Waals surface area contributed by atoms with Crippen LogP contribution in [-0.4, -0.2) is 37.9 Å². The lowest BCUT2D eigenvalue weighted by Gasteiger charge is -2.12. The van der Waals surface area contributed by atoms with Crippen molar-refractivity contribution in [3.8, 4) is 5.75 Å². The van der Waals surface area contributed by atoms with Crippen LogP contribution in [0.15, 0.2) is 45.9 Å². The van der Waals surface area contributed by atoms with Gasteiger partial charge >= 0.3 is 5.97 Å². The van der Waals surface area contributed by atoms with Crippen LogP contribution in [-0.2, 0) is 11.3 Å². The maximum absolute atomic E-state index is 12.9. The summed E-state index contributed by atoms with van der Waals surface area (Å²) in [7, 11) is 3.39. The fourth-order valence-corrected chi connectivity index (χ4v) is 2.47. The first-order valence-corrected chi connectivity index (χ1v) is 8.77. The molecule has 5 nitrogen and oxygen atoms in total. The Hall–Kier alpha value is -2.41. The Labute approximate surface area is 160 Å². The lowest BCUT2D eigenvalue weighted by atomic mass is 10.2. The van der Waals surface area contributed by atoms with Gasteiger partial charge in [0.15, 0.2) is 0 Å². The number of benzene rings is 2. The molecule has 0 atom stereocenters. The van der Waals surface area contributed by atoms with Gasteiger partial charge in [0.05, 0.1) is 19.1 Å². The number of nitrogens with zero attached hydrogens (tertiary/aromatic N) is 2. The fraction of sp³-hybridized carbons (Fsp3) is 0.263. The van der Waals surface area contributed by atoms with Crippen LogP contribution in [0.4, 0.5) is 10.1 Å². The van der Waals surface area contributed by atoms with E-state index in [1.165, 1.54) is 19.2 Å². The van der Waals surface area contributed by atoms with Gasteiger partial charge in [-0.3, -0.25) is 0 Å². The number of halogens is 2. The van der Waals surface area contributed by atoms with E-state index in [4.69, 9.17) is 9.47 Å². The molecule has 0 saturated carbocycles. The van der Waals surface area contributed by atoms with E-state index in [2.05, 4.69) is 20.9 Å². The molecule has 0 unspecified atom stereocenters. The van der Waals surface area contributed by atoms with E-state index in [0.717, 1.165) is 6.54 Å². The molecule has 0 radical (unpaired) electrons. The van der Waals surface area contributed by atoms with Gasteiger partial charge in [-0.15, -0.1) is 0 Å². The van der Waals surface area contributed by atoms with E-state index in [1.807, 2.05) is 18.9 Å². The van der Waals surface area contributed by atoms with Gasteiger partial charge in [-0.2, -0.15) is 0 Å². The van der Waals surface area contributed by atoms with Crippen LogP contribution >= 0.6 is 15.9 Å². The molecule has 0 aromatic heterocycles. The average molecular weight is 423 g/mol. The Bertz CT molecular complexity index is 794.